The Labute approximate surface area is 148 Å². The van der Waals surface area contributed by atoms with E-state index < -0.39 is 0 Å². The molecule has 2 aromatic rings. The van der Waals surface area contributed by atoms with Crippen LogP contribution in [0.3, 0.4) is 0 Å². The van der Waals surface area contributed by atoms with Gasteiger partial charge in [-0.3, -0.25) is 9.69 Å². The van der Waals surface area contributed by atoms with Gasteiger partial charge in [0, 0.05) is 29.3 Å². The van der Waals surface area contributed by atoms with Gasteiger partial charge in [-0.2, -0.15) is 0 Å². The minimum Gasteiger partial charge on any atom is -0.377 e. The molecule has 3 heteroatoms. The standard InChI is InChI=1S/C22H22N2O/c25-15-17-10-11-20-22(18-8-4-5-9-19(18)23-21(17)22)12-13-24(20)14-16-6-2-1-3-7-16/h1-10,15,20-21,23H,11-14H2/t20-,21-,22+/m0/s1. The molecular weight excluding hydrogens is 308 g/mol. The Hall–Kier alpha value is -2.39. The van der Waals surface area contributed by atoms with Gasteiger partial charge >= 0.3 is 0 Å². The number of carbonyl (C=O) groups excluding carboxylic acids is 1. The summed E-state index contributed by atoms with van der Waals surface area (Å²) in [5.41, 5.74) is 4.91. The van der Waals surface area contributed by atoms with Gasteiger partial charge in [0.2, 0.25) is 0 Å². The lowest BCUT2D eigenvalue weighted by atomic mass is 9.65. The third-order valence-corrected chi connectivity index (χ3v) is 6.37. The lowest BCUT2D eigenvalue weighted by Gasteiger charge is -2.43. The van der Waals surface area contributed by atoms with E-state index >= 15 is 0 Å². The number of fused-ring (bicyclic) bond motifs is 1. The van der Waals surface area contributed by atoms with Gasteiger partial charge in [0.25, 0.3) is 0 Å². The van der Waals surface area contributed by atoms with Crippen LogP contribution in [0.25, 0.3) is 0 Å². The van der Waals surface area contributed by atoms with Gasteiger partial charge in [0.05, 0.1) is 6.04 Å². The van der Waals surface area contributed by atoms with Gasteiger partial charge in [-0.1, -0.05) is 54.6 Å². The smallest absolute Gasteiger partial charge is 0.147 e. The summed E-state index contributed by atoms with van der Waals surface area (Å²) in [7, 11) is 0. The number of aldehydes is 1. The third kappa shape index (κ3) is 2.05. The fourth-order valence-corrected chi connectivity index (χ4v) is 5.31. The molecule has 0 bridgehead atoms. The quantitative estimate of drug-likeness (QED) is 0.874. The molecule has 2 aromatic carbocycles. The van der Waals surface area contributed by atoms with Crippen molar-refractivity contribution in [2.75, 3.05) is 11.9 Å². The van der Waals surface area contributed by atoms with Crippen LogP contribution < -0.4 is 5.32 Å². The van der Waals surface area contributed by atoms with Crippen molar-refractivity contribution in [3.8, 4) is 0 Å². The molecule has 2 heterocycles. The zero-order valence-corrected chi connectivity index (χ0v) is 14.2. The van der Waals surface area contributed by atoms with Crippen molar-refractivity contribution < 1.29 is 4.79 Å². The van der Waals surface area contributed by atoms with Gasteiger partial charge in [0.1, 0.15) is 6.29 Å². The van der Waals surface area contributed by atoms with Crippen LogP contribution >= 0.6 is 0 Å². The maximum absolute atomic E-state index is 11.7. The summed E-state index contributed by atoms with van der Waals surface area (Å²) < 4.78 is 0. The normalized spacial score (nSPS) is 30.0. The highest BCUT2D eigenvalue weighted by atomic mass is 16.1. The Bertz CT molecular complexity index is 844. The van der Waals surface area contributed by atoms with Crippen molar-refractivity contribution in [1.29, 1.82) is 0 Å². The first-order valence-electron chi connectivity index (χ1n) is 9.12. The molecule has 0 radical (unpaired) electrons. The molecule has 3 atom stereocenters. The van der Waals surface area contributed by atoms with Crippen LogP contribution in [0.15, 0.2) is 66.2 Å². The zero-order valence-electron chi connectivity index (χ0n) is 14.2. The molecule has 0 unspecified atom stereocenters. The maximum Gasteiger partial charge on any atom is 0.147 e. The number of nitrogens with zero attached hydrogens (tertiary/aromatic N) is 1. The Morgan fingerprint density at radius 3 is 2.76 bits per heavy atom. The van der Waals surface area contributed by atoms with Crippen molar-refractivity contribution in [3.63, 3.8) is 0 Å². The Morgan fingerprint density at radius 1 is 1.12 bits per heavy atom. The van der Waals surface area contributed by atoms with Crippen LogP contribution in [0.4, 0.5) is 5.69 Å². The molecule has 5 rings (SSSR count). The van der Waals surface area contributed by atoms with E-state index in [4.69, 9.17) is 0 Å². The van der Waals surface area contributed by atoms with Crippen LogP contribution in [0.5, 0.6) is 0 Å². The van der Waals surface area contributed by atoms with Gasteiger partial charge in [0.15, 0.2) is 0 Å². The first-order chi connectivity index (χ1) is 12.3. The number of hydrogen-bond donors (Lipinski definition) is 1. The van der Waals surface area contributed by atoms with Crippen molar-refractivity contribution in [2.24, 2.45) is 0 Å². The summed E-state index contributed by atoms with van der Waals surface area (Å²) >= 11 is 0. The topological polar surface area (TPSA) is 32.3 Å². The predicted octanol–water partition coefficient (Wildman–Crippen LogP) is 3.52. The summed E-state index contributed by atoms with van der Waals surface area (Å²) in [6.45, 7) is 2.05. The van der Waals surface area contributed by atoms with Crippen LogP contribution in [0.1, 0.15) is 24.0 Å². The Morgan fingerprint density at radius 2 is 1.92 bits per heavy atom. The molecule has 126 valence electrons. The highest BCUT2D eigenvalue weighted by Crippen LogP contribution is 2.55. The zero-order chi connectivity index (χ0) is 16.9. The first-order valence-corrected chi connectivity index (χ1v) is 9.12. The van der Waals surface area contributed by atoms with E-state index in [2.05, 4.69) is 70.9 Å². The fourth-order valence-electron chi connectivity index (χ4n) is 5.31. The SMILES string of the molecule is O=CC1=CC[C@@H]2N(Cc3ccccc3)CC[C@@]23c2ccccc2N[C@@H]13. The first kappa shape index (κ1) is 14.9. The van der Waals surface area contributed by atoms with Gasteiger partial charge in [-0.15, -0.1) is 0 Å². The number of likely N-dealkylation sites (tertiary alicyclic amines) is 1. The van der Waals surface area contributed by atoms with Gasteiger partial charge in [-0.25, -0.2) is 0 Å². The van der Waals surface area contributed by atoms with E-state index in [0.29, 0.717) is 6.04 Å². The summed E-state index contributed by atoms with van der Waals surface area (Å²) in [6, 6.07) is 19.9. The molecule has 0 saturated carbocycles. The van der Waals surface area contributed by atoms with Crippen LogP contribution in [-0.2, 0) is 16.8 Å². The molecule has 0 aromatic heterocycles. The molecule has 0 amide bonds. The highest BCUT2D eigenvalue weighted by Gasteiger charge is 2.59. The molecule has 3 nitrogen and oxygen atoms in total. The summed E-state index contributed by atoms with van der Waals surface area (Å²) in [4.78, 5) is 14.3. The summed E-state index contributed by atoms with van der Waals surface area (Å²) in [5.74, 6) is 0. The lowest BCUT2D eigenvalue weighted by Crippen LogP contribution is -2.52. The number of carbonyl (C=O) groups is 1. The number of hydrogen-bond acceptors (Lipinski definition) is 3. The predicted molar refractivity (Wildman–Crippen MR) is 99.6 cm³/mol. The second-order valence-electron chi connectivity index (χ2n) is 7.44. The molecule has 1 spiro atoms. The van der Waals surface area contributed by atoms with E-state index in [1.165, 1.54) is 16.8 Å². The fraction of sp³-hybridized carbons (Fsp3) is 0.318. The third-order valence-electron chi connectivity index (χ3n) is 6.37. The number of para-hydroxylation sites is 1. The van der Waals surface area contributed by atoms with Crippen molar-refractivity contribution in [3.05, 3.63) is 77.4 Å². The van der Waals surface area contributed by atoms with E-state index in [0.717, 1.165) is 37.8 Å². The van der Waals surface area contributed by atoms with E-state index in [1.807, 2.05) is 0 Å². The number of rotatable bonds is 3. The Balaban J connectivity index is 1.57. The molecule has 1 N–H and O–H groups in total. The number of benzene rings is 2. The van der Waals surface area contributed by atoms with Crippen LogP contribution in [0.2, 0.25) is 0 Å². The van der Waals surface area contributed by atoms with E-state index in [9.17, 15) is 4.79 Å². The average molecular weight is 330 g/mol. The largest absolute Gasteiger partial charge is 0.377 e. The van der Waals surface area contributed by atoms with Gasteiger partial charge < -0.3 is 5.32 Å². The van der Waals surface area contributed by atoms with Crippen molar-refractivity contribution >= 4 is 12.0 Å². The molecule has 1 saturated heterocycles. The summed E-state index contributed by atoms with van der Waals surface area (Å²) in [5, 5.41) is 3.66. The van der Waals surface area contributed by atoms with Crippen molar-refractivity contribution in [2.45, 2.75) is 36.9 Å². The number of nitrogens with one attached hydrogen (secondary N) is 1. The molecule has 3 aliphatic rings. The average Bonchev–Trinajstić information content (AvgIpc) is 3.20. The molecular formula is C22H22N2O. The maximum atomic E-state index is 11.7. The molecule has 1 aliphatic carbocycles. The monoisotopic (exact) mass is 330 g/mol. The second-order valence-corrected chi connectivity index (χ2v) is 7.44. The summed E-state index contributed by atoms with van der Waals surface area (Å²) in [6.07, 6.45) is 5.27. The minimum atomic E-state index is 0.0242. The molecule has 2 aliphatic heterocycles. The highest BCUT2D eigenvalue weighted by molar-refractivity contribution is 5.81. The van der Waals surface area contributed by atoms with E-state index in [-0.39, 0.29) is 11.5 Å². The Kier molecular flexibility index (Phi) is 3.32. The number of anilines is 1. The molecule has 25 heavy (non-hydrogen) atoms. The van der Waals surface area contributed by atoms with Crippen LogP contribution in [0, 0.1) is 0 Å². The van der Waals surface area contributed by atoms with E-state index in [1.54, 1.807) is 0 Å². The molecule has 1 fully saturated rings. The van der Waals surface area contributed by atoms with Crippen molar-refractivity contribution in [1.82, 2.24) is 4.90 Å². The van der Waals surface area contributed by atoms with Gasteiger partial charge in [-0.05, 0) is 36.6 Å². The van der Waals surface area contributed by atoms with Crippen LogP contribution in [-0.4, -0.2) is 29.8 Å². The second kappa shape index (κ2) is 5.57. The lowest BCUT2D eigenvalue weighted by molar-refractivity contribution is -0.105. The minimum absolute atomic E-state index is 0.0242.